The van der Waals surface area contributed by atoms with Crippen LogP contribution in [-0.4, -0.2) is 21.8 Å². The lowest BCUT2D eigenvalue weighted by molar-refractivity contribution is -0.112. The van der Waals surface area contributed by atoms with Crippen molar-refractivity contribution in [1.82, 2.24) is 9.97 Å². The molecule has 40 heavy (non-hydrogen) atoms. The number of rotatable bonds is 8. The highest BCUT2D eigenvalue weighted by atomic mass is 35.5. The SMILES string of the molecule is C=CC(=O)Nc1ccccc1Nc1nc(Nc2ccc3c(c2)/C(=C/c2ccc(C(C)C)cc2)C(=O)N3)ncc1Cl. The van der Waals surface area contributed by atoms with E-state index in [1.807, 2.05) is 42.5 Å². The predicted molar refractivity (Wildman–Crippen MR) is 162 cm³/mol. The Bertz CT molecular complexity index is 1650. The van der Waals surface area contributed by atoms with Gasteiger partial charge in [-0.25, -0.2) is 4.98 Å². The summed E-state index contributed by atoms with van der Waals surface area (Å²) < 4.78 is 0. The molecular formula is C31H27ClN6O2. The first-order valence-electron chi connectivity index (χ1n) is 12.7. The fraction of sp³-hybridized carbons (Fsp3) is 0.0968. The Morgan fingerprint density at radius 3 is 2.50 bits per heavy atom. The van der Waals surface area contributed by atoms with Crippen LogP contribution in [-0.2, 0) is 9.59 Å². The van der Waals surface area contributed by atoms with E-state index in [4.69, 9.17) is 11.6 Å². The molecule has 1 aliphatic rings. The summed E-state index contributed by atoms with van der Waals surface area (Å²) in [5.41, 5.74) is 6.12. The minimum absolute atomic E-state index is 0.156. The molecule has 9 heteroatoms. The summed E-state index contributed by atoms with van der Waals surface area (Å²) in [5.74, 6) is 0.589. The van der Waals surface area contributed by atoms with E-state index >= 15 is 0 Å². The van der Waals surface area contributed by atoms with Crippen LogP contribution in [0.1, 0.15) is 36.5 Å². The largest absolute Gasteiger partial charge is 0.337 e. The monoisotopic (exact) mass is 550 g/mol. The number of carbonyl (C=O) groups excluding carboxylic acids is 2. The molecule has 2 heterocycles. The zero-order valence-electron chi connectivity index (χ0n) is 22.0. The second kappa shape index (κ2) is 11.4. The summed E-state index contributed by atoms with van der Waals surface area (Å²) >= 11 is 6.38. The average Bonchev–Trinajstić information content (AvgIpc) is 3.25. The third-order valence-electron chi connectivity index (χ3n) is 6.34. The number of para-hydroxylation sites is 2. The van der Waals surface area contributed by atoms with Crippen LogP contribution in [0.2, 0.25) is 5.02 Å². The minimum atomic E-state index is -0.337. The molecule has 1 aliphatic heterocycles. The highest BCUT2D eigenvalue weighted by Crippen LogP contribution is 2.36. The number of fused-ring (bicyclic) bond motifs is 1. The maximum Gasteiger partial charge on any atom is 0.256 e. The van der Waals surface area contributed by atoms with Crippen LogP contribution >= 0.6 is 11.6 Å². The van der Waals surface area contributed by atoms with Crippen molar-refractivity contribution >= 4 is 69.6 Å². The number of anilines is 6. The van der Waals surface area contributed by atoms with Gasteiger partial charge >= 0.3 is 0 Å². The number of benzene rings is 3. The van der Waals surface area contributed by atoms with Gasteiger partial charge in [-0.2, -0.15) is 4.98 Å². The number of halogens is 1. The molecule has 0 radical (unpaired) electrons. The lowest BCUT2D eigenvalue weighted by Crippen LogP contribution is -2.09. The molecule has 4 aromatic rings. The third kappa shape index (κ3) is 5.87. The van der Waals surface area contributed by atoms with Crippen LogP contribution in [0, 0.1) is 0 Å². The number of nitrogens with zero attached hydrogens (tertiary/aromatic N) is 2. The summed E-state index contributed by atoms with van der Waals surface area (Å²) in [6.45, 7) is 7.78. The van der Waals surface area contributed by atoms with Crippen molar-refractivity contribution in [1.29, 1.82) is 0 Å². The maximum atomic E-state index is 12.8. The van der Waals surface area contributed by atoms with Crippen LogP contribution in [0.25, 0.3) is 11.6 Å². The van der Waals surface area contributed by atoms with Crippen molar-refractivity contribution in [3.63, 3.8) is 0 Å². The molecule has 2 amide bonds. The summed E-state index contributed by atoms with van der Waals surface area (Å²) in [6, 6.07) is 20.9. The Hall–Kier alpha value is -4.95. The van der Waals surface area contributed by atoms with Gasteiger partial charge in [0, 0.05) is 22.5 Å². The number of carbonyl (C=O) groups is 2. The van der Waals surface area contributed by atoms with Gasteiger partial charge in [-0.1, -0.05) is 68.4 Å². The molecule has 1 aromatic heterocycles. The Labute approximate surface area is 237 Å². The molecular weight excluding hydrogens is 524 g/mol. The molecule has 0 spiro atoms. The first kappa shape index (κ1) is 26.6. The highest BCUT2D eigenvalue weighted by molar-refractivity contribution is 6.35. The molecule has 0 fully saturated rings. The number of nitrogens with one attached hydrogen (secondary N) is 4. The fourth-order valence-corrected chi connectivity index (χ4v) is 4.35. The smallest absolute Gasteiger partial charge is 0.256 e. The molecule has 0 unspecified atom stereocenters. The van der Waals surface area contributed by atoms with E-state index < -0.39 is 0 Å². The van der Waals surface area contributed by atoms with Crippen LogP contribution in [0.3, 0.4) is 0 Å². The Balaban J connectivity index is 1.39. The number of amides is 2. The Morgan fingerprint density at radius 2 is 1.77 bits per heavy atom. The second-order valence-corrected chi connectivity index (χ2v) is 9.88. The quantitative estimate of drug-likeness (QED) is 0.171. The fourth-order valence-electron chi connectivity index (χ4n) is 4.21. The first-order chi connectivity index (χ1) is 19.3. The topological polar surface area (TPSA) is 108 Å². The van der Waals surface area contributed by atoms with E-state index in [0.29, 0.717) is 45.3 Å². The summed E-state index contributed by atoms with van der Waals surface area (Å²) in [7, 11) is 0. The van der Waals surface area contributed by atoms with Crippen molar-refractivity contribution in [2.45, 2.75) is 19.8 Å². The van der Waals surface area contributed by atoms with Crippen molar-refractivity contribution in [2.75, 3.05) is 21.3 Å². The first-order valence-corrected chi connectivity index (χ1v) is 13.0. The van der Waals surface area contributed by atoms with E-state index in [-0.39, 0.29) is 11.8 Å². The Kier molecular flexibility index (Phi) is 7.61. The molecule has 3 aromatic carbocycles. The number of hydrogen-bond acceptors (Lipinski definition) is 6. The third-order valence-corrected chi connectivity index (χ3v) is 6.62. The van der Waals surface area contributed by atoms with E-state index in [2.05, 4.69) is 63.8 Å². The van der Waals surface area contributed by atoms with Crippen molar-refractivity contribution < 1.29 is 9.59 Å². The molecule has 5 rings (SSSR count). The van der Waals surface area contributed by atoms with E-state index in [1.165, 1.54) is 17.8 Å². The molecule has 200 valence electrons. The zero-order chi connectivity index (χ0) is 28.2. The molecule has 0 atom stereocenters. The van der Waals surface area contributed by atoms with Crippen molar-refractivity contribution in [3.05, 3.63) is 107 Å². The Morgan fingerprint density at radius 1 is 1.02 bits per heavy atom. The van der Waals surface area contributed by atoms with E-state index in [9.17, 15) is 9.59 Å². The predicted octanol–water partition coefficient (Wildman–Crippen LogP) is 7.36. The average molecular weight is 551 g/mol. The van der Waals surface area contributed by atoms with Gasteiger partial charge in [0.25, 0.3) is 5.91 Å². The molecule has 0 saturated carbocycles. The molecule has 4 N–H and O–H groups in total. The summed E-state index contributed by atoms with van der Waals surface area (Å²) in [6.07, 6.45) is 4.56. The van der Waals surface area contributed by atoms with Crippen molar-refractivity contribution in [3.8, 4) is 0 Å². The van der Waals surface area contributed by atoms with Gasteiger partial charge in [0.2, 0.25) is 11.9 Å². The van der Waals surface area contributed by atoms with Crippen LogP contribution in [0.4, 0.5) is 34.5 Å². The van der Waals surface area contributed by atoms with Gasteiger partial charge in [0.1, 0.15) is 5.02 Å². The number of hydrogen-bond donors (Lipinski definition) is 4. The molecule has 0 bridgehead atoms. The van der Waals surface area contributed by atoms with Crippen LogP contribution in [0.5, 0.6) is 0 Å². The van der Waals surface area contributed by atoms with Crippen LogP contribution < -0.4 is 21.3 Å². The van der Waals surface area contributed by atoms with Crippen molar-refractivity contribution in [2.24, 2.45) is 0 Å². The van der Waals surface area contributed by atoms with Gasteiger partial charge in [0.05, 0.1) is 17.6 Å². The molecule has 0 saturated heterocycles. The second-order valence-electron chi connectivity index (χ2n) is 9.47. The van der Waals surface area contributed by atoms with Gasteiger partial charge < -0.3 is 21.3 Å². The number of aromatic nitrogens is 2. The van der Waals surface area contributed by atoms with E-state index in [0.717, 1.165) is 16.8 Å². The zero-order valence-corrected chi connectivity index (χ0v) is 22.7. The molecule has 8 nitrogen and oxygen atoms in total. The van der Waals surface area contributed by atoms with Gasteiger partial charge in [0.15, 0.2) is 5.82 Å². The van der Waals surface area contributed by atoms with Gasteiger partial charge in [-0.3, -0.25) is 9.59 Å². The maximum absolute atomic E-state index is 12.8. The van der Waals surface area contributed by atoms with Gasteiger partial charge in [-0.05, 0) is 59.5 Å². The highest BCUT2D eigenvalue weighted by Gasteiger charge is 2.24. The lowest BCUT2D eigenvalue weighted by Gasteiger charge is -2.14. The minimum Gasteiger partial charge on any atom is -0.337 e. The van der Waals surface area contributed by atoms with E-state index in [1.54, 1.807) is 18.2 Å². The van der Waals surface area contributed by atoms with Crippen LogP contribution in [0.15, 0.2) is 85.6 Å². The standard InChI is InChI=1S/C31H27ClN6O2/c1-4-28(39)35-26-7-5-6-8-27(26)36-29-24(32)17-33-31(38-29)34-21-13-14-25-22(16-21)23(30(40)37-25)15-19-9-11-20(12-10-19)18(2)3/h4-18H,1H2,2-3H3,(H,35,39)(H,37,40)(H2,33,34,36,38)/b23-15-. The summed E-state index contributed by atoms with van der Waals surface area (Å²) in [4.78, 5) is 33.4. The summed E-state index contributed by atoms with van der Waals surface area (Å²) in [5, 5.41) is 12.3. The van der Waals surface area contributed by atoms with Gasteiger partial charge in [-0.15, -0.1) is 0 Å². The lowest BCUT2D eigenvalue weighted by atomic mass is 9.99. The molecule has 0 aliphatic carbocycles. The normalized spacial score (nSPS) is 13.1.